The number of piperidine rings is 1. The molecule has 5 rings (SSSR count). The van der Waals surface area contributed by atoms with E-state index in [-0.39, 0.29) is 10.6 Å². The van der Waals surface area contributed by atoms with E-state index in [9.17, 15) is 10.1 Å². The van der Waals surface area contributed by atoms with E-state index < -0.39 is 0 Å². The van der Waals surface area contributed by atoms with Crippen LogP contribution in [-0.2, 0) is 6.42 Å². The highest BCUT2D eigenvalue weighted by molar-refractivity contribution is 5.72. The molecule has 36 heavy (non-hydrogen) atoms. The average Bonchev–Trinajstić information content (AvgIpc) is 2.91. The maximum atomic E-state index is 12.3. The number of hydrogen-bond acceptors (Lipinski definition) is 7. The predicted molar refractivity (Wildman–Crippen MR) is 144 cm³/mol. The quantitative estimate of drug-likeness (QED) is 0.366. The molecule has 3 heterocycles. The number of piperazine rings is 1. The molecule has 0 unspecified atom stereocenters. The average molecular weight is 487 g/mol. The van der Waals surface area contributed by atoms with Crippen LogP contribution in [-0.4, -0.2) is 54.2 Å². The van der Waals surface area contributed by atoms with Gasteiger partial charge in [0.15, 0.2) is 0 Å². The second kappa shape index (κ2) is 10.5. The van der Waals surface area contributed by atoms with E-state index in [1.165, 1.54) is 28.7 Å². The Kier molecular flexibility index (Phi) is 7.02. The number of aromatic nitrogens is 2. The highest BCUT2D eigenvalue weighted by Gasteiger charge is 2.33. The van der Waals surface area contributed by atoms with Gasteiger partial charge in [0.1, 0.15) is 6.33 Å². The summed E-state index contributed by atoms with van der Waals surface area (Å²) >= 11 is 0. The standard InChI is InChI=1S/C28H34N6O2/c1-21-7-6-10-25(22(21)2)31-15-17-33(18-16-31)28-26(34(35)36)27(29-20-30-28)32-13-11-24(12-14-32)19-23-8-4-3-5-9-23/h3-10,20,24H,11-19H2,1-2H3. The fourth-order valence-electron chi connectivity index (χ4n) is 5.52. The zero-order chi connectivity index (χ0) is 25.1. The molecule has 0 aliphatic carbocycles. The molecule has 0 amide bonds. The smallest absolute Gasteiger partial charge is 0.353 e. The van der Waals surface area contributed by atoms with Gasteiger partial charge in [-0.3, -0.25) is 10.1 Å². The Morgan fingerprint density at radius 3 is 2.08 bits per heavy atom. The predicted octanol–water partition coefficient (Wildman–Crippen LogP) is 4.79. The lowest BCUT2D eigenvalue weighted by Gasteiger charge is -2.38. The zero-order valence-corrected chi connectivity index (χ0v) is 21.1. The van der Waals surface area contributed by atoms with E-state index in [0.717, 1.165) is 45.4 Å². The van der Waals surface area contributed by atoms with Crippen LogP contribution in [0.25, 0.3) is 0 Å². The molecule has 0 atom stereocenters. The Bertz CT molecular complexity index is 1200. The first kappa shape index (κ1) is 24.0. The van der Waals surface area contributed by atoms with Gasteiger partial charge in [-0.2, -0.15) is 0 Å². The molecular formula is C28H34N6O2. The number of rotatable bonds is 6. The molecule has 188 valence electrons. The van der Waals surface area contributed by atoms with E-state index in [2.05, 4.69) is 76.1 Å². The van der Waals surface area contributed by atoms with Gasteiger partial charge >= 0.3 is 5.69 Å². The third-order valence-electron chi connectivity index (χ3n) is 7.74. The minimum atomic E-state index is -0.294. The van der Waals surface area contributed by atoms with Crippen LogP contribution in [0.2, 0.25) is 0 Å². The first-order valence-electron chi connectivity index (χ1n) is 12.9. The molecule has 0 bridgehead atoms. The van der Waals surface area contributed by atoms with Crippen LogP contribution < -0.4 is 14.7 Å². The summed E-state index contributed by atoms with van der Waals surface area (Å²) in [4.78, 5) is 27.3. The van der Waals surface area contributed by atoms with E-state index >= 15 is 0 Å². The fraction of sp³-hybridized carbons (Fsp3) is 0.429. The van der Waals surface area contributed by atoms with Crippen LogP contribution in [0, 0.1) is 29.9 Å². The summed E-state index contributed by atoms with van der Waals surface area (Å²) in [6.07, 6.45) is 4.54. The lowest BCUT2D eigenvalue weighted by molar-refractivity contribution is -0.383. The molecular weight excluding hydrogens is 452 g/mol. The Morgan fingerprint density at radius 2 is 1.44 bits per heavy atom. The fourth-order valence-corrected chi connectivity index (χ4v) is 5.52. The number of hydrogen-bond donors (Lipinski definition) is 0. The third kappa shape index (κ3) is 4.98. The van der Waals surface area contributed by atoms with Gasteiger partial charge in [-0.05, 0) is 61.8 Å². The van der Waals surface area contributed by atoms with Crippen molar-refractivity contribution in [3.05, 3.63) is 81.7 Å². The van der Waals surface area contributed by atoms with Crippen molar-refractivity contribution in [1.29, 1.82) is 0 Å². The lowest BCUT2D eigenvalue weighted by Crippen LogP contribution is -2.47. The SMILES string of the molecule is Cc1cccc(N2CCN(c3ncnc(N4CCC(Cc5ccccc5)CC4)c3[N+](=O)[O-])CC2)c1C. The Balaban J connectivity index is 1.29. The second-order valence-electron chi connectivity index (χ2n) is 9.94. The summed E-state index contributed by atoms with van der Waals surface area (Å²) in [5, 5.41) is 12.3. The molecule has 0 saturated carbocycles. The molecule has 2 fully saturated rings. The summed E-state index contributed by atoms with van der Waals surface area (Å²) in [6, 6.07) is 16.9. The maximum Gasteiger partial charge on any atom is 0.353 e. The number of aryl methyl sites for hydroxylation is 1. The zero-order valence-electron chi connectivity index (χ0n) is 21.1. The van der Waals surface area contributed by atoms with E-state index in [4.69, 9.17) is 0 Å². The molecule has 0 radical (unpaired) electrons. The van der Waals surface area contributed by atoms with Gasteiger partial charge in [0.05, 0.1) is 4.92 Å². The van der Waals surface area contributed by atoms with Crippen LogP contribution in [0.1, 0.15) is 29.5 Å². The number of nitro groups is 1. The molecule has 2 aliphatic rings. The van der Waals surface area contributed by atoms with Crippen molar-refractivity contribution in [2.75, 3.05) is 54.0 Å². The van der Waals surface area contributed by atoms with Gasteiger partial charge in [-0.25, -0.2) is 9.97 Å². The third-order valence-corrected chi connectivity index (χ3v) is 7.74. The minimum absolute atomic E-state index is 0.0409. The van der Waals surface area contributed by atoms with Crippen molar-refractivity contribution in [1.82, 2.24) is 9.97 Å². The molecule has 8 heteroatoms. The first-order valence-corrected chi connectivity index (χ1v) is 12.9. The van der Waals surface area contributed by atoms with Crippen molar-refractivity contribution < 1.29 is 4.92 Å². The highest BCUT2D eigenvalue weighted by Crippen LogP contribution is 2.37. The molecule has 2 saturated heterocycles. The largest absolute Gasteiger partial charge is 0.368 e. The van der Waals surface area contributed by atoms with Gasteiger partial charge in [0.25, 0.3) is 0 Å². The van der Waals surface area contributed by atoms with Crippen molar-refractivity contribution in [2.24, 2.45) is 5.92 Å². The van der Waals surface area contributed by atoms with E-state index in [1.54, 1.807) is 0 Å². The summed E-state index contributed by atoms with van der Waals surface area (Å²) in [5.74, 6) is 1.49. The van der Waals surface area contributed by atoms with E-state index in [0.29, 0.717) is 30.6 Å². The Labute approximate surface area is 212 Å². The van der Waals surface area contributed by atoms with Crippen molar-refractivity contribution in [3.8, 4) is 0 Å². The van der Waals surface area contributed by atoms with Crippen LogP contribution in [0.15, 0.2) is 54.9 Å². The monoisotopic (exact) mass is 486 g/mol. The number of anilines is 3. The first-order chi connectivity index (χ1) is 17.5. The molecule has 8 nitrogen and oxygen atoms in total. The van der Waals surface area contributed by atoms with Crippen molar-refractivity contribution >= 4 is 23.0 Å². The van der Waals surface area contributed by atoms with Gasteiger partial charge < -0.3 is 14.7 Å². The van der Waals surface area contributed by atoms with Crippen LogP contribution in [0.3, 0.4) is 0 Å². The molecule has 0 spiro atoms. The summed E-state index contributed by atoms with van der Waals surface area (Å²) in [5.41, 5.74) is 5.20. The summed E-state index contributed by atoms with van der Waals surface area (Å²) < 4.78 is 0. The van der Waals surface area contributed by atoms with Gasteiger partial charge in [-0.1, -0.05) is 42.5 Å². The minimum Gasteiger partial charge on any atom is -0.368 e. The summed E-state index contributed by atoms with van der Waals surface area (Å²) in [7, 11) is 0. The molecule has 2 aliphatic heterocycles. The molecule has 2 aromatic carbocycles. The number of nitrogens with zero attached hydrogens (tertiary/aromatic N) is 6. The Morgan fingerprint density at radius 1 is 0.833 bits per heavy atom. The van der Waals surface area contributed by atoms with Gasteiger partial charge in [0, 0.05) is 45.0 Å². The van der Waals surface area contributed by atoms with Crippen molar-refractivity contribution in [3.63, 3.8) is 0 Å². The van der Waals surface area contributed by atoms with Gasteiger partial charge in [-0.15, -0.1) is 0 Å². The Hall–Kier alpha value is -3.68. The van der Waals surface area contributed by atoms with Crippen molar-refractivity contribution in [2.45, 2.75) is 33.1 Å². The highest BCUT2D eigenvalue weighted by atomic mass is 16.6. The van der Waals surface area contributed by atoms with E-state index in [1.807, 2.05) is 11.0 Å². The van der Waals surface area contributed by atoms with Crippen LogP contribution in [0.5, 0.6) is 0 Å². The van der Waals surface area contributed by atoms with Crippen LogP contribution >= 0.6 is 0 Å². The topological polar surface area (TPSA) is 78.6 Å². The lowest BCUT2D eigenvalue weighted by atomic mass is 9.90. The van der Waals surface area contributed by atoms with Gasteiger partial charge in [0.2, 0.25) is 11.6 Å². The molecule has 0 N–H and O–H groups in total. The molecule has 3 aromatic rings. The second-order valence-corrected chi connectivity index (χ2v) is 9.94. The summed E-state index contributed by atoms with van der Waals surface area (Å²) in [6.45, 7) is 8.79. The number of benzene rings is 2. The molecule has 1 aromatic heterocycles. The normalized spacial score (nSPS) is 16.9. The van der Waals surface area contributed by atoms with Crippen LogP contribution in [0.4, 0.5) is 23.0 Å². The maximum absolute atomic E-state index is 12.3.